The van der Waals surface area contributed by atoms with Gasteiger partial charge in [-0.2, -0.15) is 0 Å². The van der Waals surface area contributed by atoms with Gasteiger partial charge in [0, 0.05) is 38.8 Å². The third-order valence-electron chi connectivity index (χ3n) is 5.49. The molecule has 6 nitrogen and oxygen atoms in total. The van der Waals surface area contributed by atoms with Crippen LogP contribution in [-0.2, 0) is 12.8 Å². The van der Waals surface area contributed by atoms with E-state index in [-0.39, 0.29) is 5.91 Å². The molecule has 0 spiro atoms. The van der Waals surface area contributed by atoms with Crippen LogP contribution in [0.4, 0.5) is 0 Å². The largest absolute Gasteiger partial charge is 0.356 e. The Morgan fingerprint density at radius 2 is 1.71 bits per heavy atom. The Morgan fingerprint density at radius 1 is 1.00 bits per heavy atom. The second-order valence-electron chi connectivity index (χ2n) is 7.47. The summed E-state index contributed by atoms with van der Waals surface area (Å²) in [5, 5.41) is 9.56. The van der Waals surface area contributed by atoms with Gasteiger partial charge in [0.05, 0.1) is 0 Å². The molecular weight excluding hydrogens is 386 g/mol. The number of amides is 1. The maximum Gasteiger partial charge on any atom is 0.251 e. The molecule has 0 saturated carbocycles. The van der Waals surface area contributed by atoms with Gasteiger partial charge in [0.1, 0.15) is 0 Å². The Hall–Kier alpha value is -2.86. The molecule has 2 aromatic rings. The molecule has 168 valence electrons. The van der Waals surface area contributed by atoms with Gasteiger partial charge in [0.15, 0.2) is 5.96 Å². The lowest BCUT2D eigenvalue weighted by Gasteiger charge is -2.30. The molecule has 0 fully saturated rings. The van der Waals surface area contributed by atoms with Gasteiger partial charge in [-0.3, -0.25) is 14.7 Å². The number of nitrogens with one attached hydrogen (secondary N) is 3. The number of likely N-dealkylation sites (N-methyl/N-ethyl adjacent to an activating group) is 1. The highest BCUT2D eigenvalue weighted by molar-refractivity contribution is 5.94. The smallest absolute Gasteiger partial charge is 0.251 e. The maximum absolute atomic E-state index is 11.8. The van der Waals surface area contributed by atoms with Crippen LogP contribution < -0.4 is 16.0 Å². The molecule has 31 heavy (non-hydrogen) atoms. The van der Waals surface area contributed by atoms with Crippen LogP contribution in [0.25, 0.3) is 0 Å². The summed E-state index contributed by atoms with van der Waals surface area (Å²) in [6.45, 7) is 8.02. The first-order chi connectivity index (χ1) is 15.1. The summed E-state index contributed by atoms with van der Waals surface area (Å²) in [5.41, 5.74) is 3.15. The minimum atomic E-state index is -0.0619. The van der Waals surface area contributed by atoms with Crippen LogP contribution in [0, 0.1) is 0 Å². The quantitative estimate of drug-likeness (QED) is 0.384. The summed E-state index contributed by atoms with van der Waals surface area (Å²) in [5.74, 6) is 0.737. The van der Waals surface area contributed by atoms with Crippen molar-refractivity contribution in [3.8, 4) is 0 Å². The number of carbonyl (C=O) groups excluding carboxylic acids is 1. The Balaban J connectivity index is 1.89. The van der Waals surface area contributed by atoms with Crippen LogP contribution in [0.1, 0.15) is 35.3 Å². The molecule has 0 heterocycles. The van der Waals surface area contributed by atoms with Crippen LogP contribution in [0.5, 0.6) is 0 Å². The Bertz CT molecular complexity index is 818. The summed E-state index contributed by atoms with van der Waals surface area (Å²) in [6, 6.07) is 18.8. The summed E-state index contributed by atoms with van der Waals surface area (Å²) in [7, 11) is 3.45. The van der Waals surface area contributed by atoms with Crippen molar-refractivity contribution in [1.82, 2.24) is 20.9 Å². The molecule has 0 saturated heterocycles. The van der Waals surface area contributed by atoms with Crippen molar-refractivity contribution in [2.24, 2.45) is 4.99 Å². The molecule has 1 atom stereocenters. The highest BCUT2D eigenvalue weighted by atomic mass is 16.1. The highest BCUT2D eigenvalue weighted by Crippen LogP contribution is 2.09. The molecule has 2 rings (SSSR count). The average molecular weight is 424 g/mol. The molecule has 0 aromatic heterocycles. The SMILES string of the molecule is CCN(CC)C(CNC(=NC)NCCc1cccc(C(=O)NC)c1)Cc1ccccc1. The molecule has 1 amide bonds. The predicted octanol–water partition coefficient (Wildman–Crippen LogP) is 2.71. The molecule has 0 aliphatic heterocycles. The second-order valence-corrected chi connectivity index (χ2v) is 7.47. The molecule has 6 heteroatoms. The standard InChI is InChI=1S/C25H37N5O/c1-5-30(6-2)23(18-20-11-8-7-9-12-20)19-29-25(27-4)28-16-15-21-13-10-14-22(17-21)24(31)26-3/h7-14,17,23H,5-6,15-16,18-19H2,1-4H3,(H,26,31)(H2,27,28,29). The van der Waals surface area contributed by atoms with Crippen molar-refractivity contribution in [2.75, 3.05) is 40.3 Å². The number of rotatable bonds is 11. The van der Waals surface area contributed by atoms with Gasteiger partial charge >= 0.3 is 0 Å². The van der Waals surface area contributed by atoms with Gasteiger partial charge in [-0.05, 0) is 49.2 Å². The number of carbonyl (C=O) groups is 1. The minimum absolute atomic E-state index is 0.0619. The zero-order valence-electron chi connectivity index (χ0n) is 19.3. The second kappa shape index (κ2) is 13.4. The van der Waals surface area contributed by atoms with E-state index >= 15 is 0 Å². The van der Waals surface area contributed by atoms with E-state index in [1.54, 1.807) is 14.1 Å². The van der Waals surface area contributed by atoms with E-state index in [1.807, 2.05) is 24.3 Å². The maximum atomic E-state index is 11.8. The molecule has 2 aromatic carbocycles. The Labute approximate surface area is 187 Å². The molecule has 1 unspecified atom stereocenters. The van der Waals surface area contributed by atoms with Crippen molar-refractivity contribution in [3.05, 3.63) is 71.3 Å². The number of hydrogen-bond acceptors (Lipinski definition) is 3. The Kier molecular flexibility index (Phi) is 10.6. The van der Waals surface area contributed by atoms with E-state index in [0.717, 1.165) is 50.5 Å². The highest BCUT2D eigenvalue weighted by Gasteiger charge is 2.17. The van der Waals surface area contributed by atoms with E-state index in [2.05, 4.69) is 70.0 Å². The zero-order valence-corrected chi connectivity index (χ0v) is 19.3. The van der Waals surface area contributed by atoms with Gasteiger partial charge in [0.2, 0.25) is 0 Å². The van der Waals surface area contributed by atoms with Gasteiger partial charge < -0.3 is 16.0 Å². The minimum Gasteiger partial charge on any atom is -0.356 e. The van der Waals surface area contributed by atoms with Gasteiger partial charge in [-0.25, -0.2) is 0 Å². The first-order valence-electron chi connectivity index (χ1n) is 11.1. The number of hydrogen-bond donors (Lipinski definition) is 3. The molecule has 0 radical (unpaired) electrons. The summed E-state index contributed by atoms with van der Waals surface area (Å²) in [6.07, 6.45) is 1.81. The summed E-state index contributed by atoms with van der Waals surface area (Å²) < 4.78 is 0. The average Bonchev–Trinajstić information content (AvgIpc) is 2.82. The van der Waals surface area contributed by atoms with Crippen LogP contribution in [0.2, 0.25) is 0 Å². The Morgan fingerprint density at radius 3 is 2.35 bits per heavy atom. The molecule has 3 N–H and O–H groups in total. The number of benzene rings is 2. The van der Waals surface area contributed by atoms with E-state index in [1.165, 1.54) is 5.56 Å². The number of nitrogens with zero attached hydrogens (tertiary/aromatic N) is 2. The monoisotopic (exact) mass is 423 g/mol. The van der Waals surface area contributed by atoms with Gasteiger partial charge in [-0.15, -0.1) is 0 Å². The normalized spacial score (nSPS) is 12.5. The lowest BCUT2D eigenvalue weighted by molar-refractivity contribution is 0.0963. The third-order valence-corrected chi connectivity index (χ3v) is 5.49. The van der Waals surface area contributed by atoms with E-state index < -0.39 is 0 Å². The van der Waals surface area contributed by atoms with Crippen molar-refractivity contribution in [2.45, 2.75) is 32.7 Å². The number of aliphatic imine (C=N–C) groups is 1. The van der Waals surface area contributed by atoms with Crippen molar-refractivity contribution < 1.29 is 4.79 Å². The van der Waals surface area contributed by atoms with E-state index in [0.29, 0.717) is 11.6 Å². The van der Waals surface area contributed by atoms with Crippen molar-refractivity contribution in [3.63, 3.8) is 0 Å². The predicted molar refractivity (Wildman–Crippen MR) is 130 cm³/mol. The summed E-state index contributed by atoms with van der Waals surface area (Å²) in [4.78, 5) is 18.7. The number of guanidine groups is 1. The first kappa shape index (κ1) is 24.4. The fourth-order valence-electron chi connectivity index (χ4n) is 3.73. The first-order valence-corrected chi connectivity index (χ1v) is 11.1. The van der Waals surface area contributed by atoms with Crippen molar-refractivity contribution >= 4 is 11.9 Å². The van der Waals surface area contributed by atoms with Crippen LogP contribution in [0.15, 0.2) is 59.6 Å². The van der Waals surface area contributed by atoms with Crippen molar-refractivity contribution in [1.29, 1.82) is 0 Å². The zero-order chi connectivity index (χ0) is 22.5. The van der Waals surface area contributed by atoms with Crippen LogP contribution in [0.3, 0.4) is 0 Å². The van der Waals surface area contributed by atoms with Gasteiger partial charge in [-0.1, -0.05) is 56.3 Å². The van der Waals surface area contributed by atoms with Gasteiger partial charge in [0.25, 0.3) is 5.91 Å². The lowest BCUT2D eigenvalue weighted by Crippen LogP contribution is -2.48. The van der Waals surface area contributed by atoms with Crippen LogP contribution >= 0.6 is 0 Å². The fourth-order valence-corrected chi connectivity index (χ4v) is 3.73. The molecule has 0 aliphatic rings. The topological polar surface area (TPSA) is 68.8 Å². The van der Waals surface area contributed by atoms with Crippen LogP contribution in [-0.4, -0.2) is 63.1 Å². The fraction of sp³-hybridized carbons (Fsp3) is 0.440. The van der Waals surface area contributed by atoms with E-state index in [4.69, 9.17) is 0 Å². The molecule has 0 bridgehead atoms. The molecule has 0 aliphatic carbocycles. The van der Waals surface area contributed by atoms with E-state index in [9.17, 15) is 4.79 Å². The molecular formula is C25H37N5O. The third kappa shape index (κ3) is 8.06. The summed E-state index contributed by atoms with van der Waals surface area (Å²) >= 11 is 0. The lowest BCUT2D eigenvalue weighted by atomic mass is 10.0.